The predicted octanol–water partition coefficient (Wildman–Crippen LogP) is 2.50. The molecule has 140 valence electrons. The summed E-state index contributed by atoms with van der Waals surface area (Å²) in [6, 6.07) is 6.24. The van der Waals surface area contributed by atoms with Crippen molar-refractivity contribution in [3.05, 3.63) is 30.0 Å². The number of amides is 2. The summed E-state index contributed by atoms with van der Waals surface area (Å²) in [6.45, 7) is 7.81. The number of rotatable bonds is 5. The molecule has 0 aliphatic carbocycles. The van der Waals surface area contributed by atoms with Gasteiger partial charge in [0.15, 0.2) is 0 Å². The van der Waals surface area contributed by atoms with Gasteiger partial charge in [-0.1, -0.05) is 12.1 Å². The fourth-order valence-corrected chi connectivity index (χ4v) is 3.61. The van der Waals surface area contributed by atoms with E-state index in [2.05, 4.69) is 23.4 Å². The van der Waals surface area contributed by atoms with Crippen LogP contribution in [0.1, 0.15) is 38.7 Å². The van der Waals surface area contributed by atoms with Crippen LogP contribution in [0.25, 0.3) is 10.9 Å². The number of carbonyl (C=O) groups is 2. The van der Waals surface area contributed by atoms with Crippen molar-refractivity contribution in [2.45, 2.75) is 52.6 Å². The monoisotopic (exact) mass is 356 g/mol. The summed E-state index contributed by atoms with van der Waals surface area (Å²) in [5.74, 6) is 0.0673. The Labute approximate surface area is 154 Å². The third kappa shape index (κ3) is 4.06. The van der Waals surface area contributed by atoms with Gasteiger partial charge in [-0.15, -0.1) is 0 Å². The first-order valence-electron chi connectivity index (χ1n) is 9.45. The van der Waals surface area contributed by atoms with Crippen LogP contribution in [0.3, 0.4) is 0 Å². The maximum atomic E-state index is 12.6. The summed E-state index contributed by atoms with van der Waals surface area (Å²) in [6.07, 6.45) is 4.00. The fourth-order valence-electron chi connectivity index (χ4n) is 3.61. The van der Waals surface area contributed by atoms with Gasteiger partial charge < -0.3 is 10.2 Å². The SMILES string of the molecule is Cc1cccc2c1cnn2CCC(=O)N1CCCC(C(=O)NC(C)C)C1. The van der Waals surface area contributed by atoms with Gasteiger partial charge in [0.2, 0.25) is 11.8 Å². The van der Waals surface area contributed by atoms with Crippen molar-refractivity contribution in [1.29, 1.82) is 0 Å². The minimum atomic E-state index is -0.0942. The number of fused-ring (bicyclic) bond motifs is 1. The van der Waals surface area contributed by atoms with Crippen LogP contribution >= 0.6 is 0 Å². The van der Waals surface area contributed by atoms with Crippen molar-refractivity contribution < 1.29 is 9.59 Å². The van der Waals surface area contributed by atoms with Crippen molar-refractivity contribution in [2.24, 2.45) is 5.92 Å². The second-order valence-corrected chi connectivity index (χ2v) is 7.47. The second-order valence-electron chi connectivity index (χ2n) is 7.47. The third-order valence-corrected chi connectivity index (χ3v) is 5.02. The highest BCUT2D eigenvalue weighted by Gasteiger charge is 2.28. The Kier molecular flexibility index (Phi) is 5.59. The summed E-state index contributed by atoms with van der Waals surface area (Å²) >= 11 is 0. The zero-order valence-corrected chi connectivity index (χ0v) is 15.9. The van der Waals surface area contributed by atoms with E-state index in [9.17, 15) is 9.59 Å². The number of nitrogens with one attached hydrogen (secondary N) is 1. The lowest BCUT2D eigenvalue weighted by molar-refractivity contribution is -0.136. The lowest BCUT2D eigenvalue weighted by atomic mass is 9.96. The minimum Gasteiger partial charge on any atom is -0.354 e. The van der Waals surface area contributed by atoms with Crippen LogP contribution in [0.15, 0.2) is 24.4 Å². The maximum Gasteiger partial charge on any atom is 0.225 e. The molecule has 1 aliphatic rings. The van der Waals surface area contributed by atoms with Crippen molar-refractivity contribution >= 4 is 22.7 Å². The van der Waals surface area contributed by atoms with Crippen LogP contribution in [0.4, 0.5) is 0 Å². The number of carbonyl (C=O) groups excluding carboxylic acids is 2. The van der Waals surface area contributed by atoms with E-state index in [4.69, 9.17) is 0 Å². The molecule has 1 aliphatic heterocycles. The number of aryl methyl sites for hydroxylation is 2. The van der Waals surface area contributed by atoms with Crippen LogP contribution in [0, 0.1) is 12.8 Å². The average Bonchev–Trinajstić information content (AvgIpc) is 3.04. The summed E-state index contributed by atoms with van der Waals surface area (Å²) in [7, 11) is 0. The molecule has 2 amide bonds. The van der Waals surface area contributed by atoms with Crippen molar-refractivity contribution in [2.75, 3.05) is 13.1 Å². The van der Waals surface area contributed by atoms with E-state index in [1.54, 1.807) is 0 Å². The Morgan fingerprint density at radius 2 is 2.15 bits per heavy atom. The highest BCUT2D eigenvalue weighted by Crippen LogP contribution is 2.20. The summed E-state index contributed by atoms with van der Waals surface area (Å²) in [5.41, 5.74) is 2.25. The fraction of sp³-hybridized carbons (Fsp3) is 0.550. The van der Waals surface area contributed by atoms with Crippen LogP contribution < -0.4 is 5.32 Å². The van der Waals surface area contributed by atoms with Crippen molar-refractivity contribution in [3.63, 3.8) is 0 Å². The maximum absolute atomic E-state index is 12.6. The largest absolute Gasteiger partial charge is 0.354 e. The van der Waals surface area contributed by atoms with Crippen LogP contribution in [0.2, 0.25) is 0 Å². The van der Waals surface area contributed by atoms with Gasteiger partial charge in [0.25, 0.3) is 0 Å². The predicted molar refractivity (Wildman–Crippen MR) is 102 cm³/mol. The Bertz CT molecular complexity index is 796. The van der Waals surface area contributed by atoms with Gasteiger partial charge in [0, 0.05) is 30.9 Å². The zero-order chi connectivity index (χ0) is 18.7. The molecule has 1 N–H and O–H groups in total. The number of aromatic nitrogens is 2. The highest BCUT2D eigenvalue weighted by atomic mass is 16.2. The molecule has 2 aromatic rings. The summed E-state index contributed by atoms with van der Waals surface area (Å²) < 4.78 is 1.90. The Balaban J connectivity index is 1.59. The van der Waals surface area contributed by atoms with Crippen molar-refractivity contribution in [1.82, 2.24) is 20.0 Å². The van der Waals surface area contributed by atoms with Gasteiger partial charge in [-0.25, -0.2) is 0 Å². The molecule has 0 spiro atoms. The lowest BCUT2D eigenvalue weighted by Crippen LogP contribution is -2.46. The molecule has 0 saturated carbocycles. The van der Waals surface area contributed by atoms with Crippen LogP contribution in [-0.2, 0) is 16.1 Å². The number of benzene rings is 1. The van der Waals surface area contributed by atoms with Crippen LogP contribution in [0.5, 0.6) is 0 Å². The van der Waals surface area contributed by atoms with Gasteiger partial charge in [-0.2, -0.15) is 5.10 Å². The Hall–Kier alpha value is -2.37. The van der Waals surface area contributed by atoms with E-state index in [0.717, 1.165) is 30.3 Å². The van der Waals surface area contributed by atoms with E-state index in [1.165, 1.54) is 5.56 Å². The quantitative estimate of drug-likeness (QED) is 0.895. The molecule has 0 bridgehead atoms. The van der Waals surface area contributed by atoms with E-state index in [-0.39, 0.29) is 23.8 Å². The van der Waals surface area contributed by atoms with E-state index >= 15 is 0 Å². The third-order valence-electron chi connectivity index (χ3n) is 5.02. The molecule has 3 rings (SSSR count). The molecule has 2 heterocycles. The molecule has 1 aromatic heterocycles. The van der Waals surface area contributed by atoms with E-state index in [1.807, 2.05) is 41.8 Å². The van der Waals surface area contributed by atoms with Gasteiger partial charge in [-0.3, -0.25) is 14.3 Å². The smallest absolute Gasteiger partial charge is 0.225 e. The second kappa shape index (κ2) is 7.89. The molecular weight excluding hydrogens is 328 g/mol. The highest BCUT2D eigenvalue weighted by molar-refractivity contribution is 5.83. The number of nitrogens with zero attached hydrogens (tertiary/aromatic N) is 3. The molecule has 1 atom stereocenters. The standard InChI is InChI=1S/C20H28N4O2/c1-14(2)22-20(26)16-7-5-10-23(13-16)19(25)9-11-24-18-8-4-6-15(3)17(18)12-21-24/h4,6,8,12,14,16H,5,7,9-11,13H2,1-3H3,(H,22,26). The van der Waals surface area contributed by atoms with E-state index < -0.39 is 0 Å². The molecule has 6 nitrogen and oxygen atoms in total. The Morgan fingerprint density at radius 3 is 2.92 bits per heavy atom. The normalized spacial score (nSPS) is 17.7. The summed E-state index contributed by atoms with van der Waals surface area (Å²) in [5, 5.41) is 8.52. The van der Waals surface area contributed by atoms with Gasteiger partial charge in [-0.05, 0) is 45.2 Å². The van der Waals surface area contributed by atoms with Crippen LogP contribution in [-0.4, -0.2) is 45.6 Å². The molecule has 1 fully saturated rings. The number of likely N-dealkylation sites (tertiary alicyclic amines) is 1. The number of piperidine rings is 1. The van der Waals surface area contributed by atoms with E-state index in [0.29, 0.717) is 19.5 Å². The number of hydrogen-bond acceptors (Lipinski definition) is 3. The zero-order valence-electron chi connectivity index (χ0n) is 15.9. The lowest BCUT2D eigenvalue weighted by Gasteiger charge is -2.32. The first-order chi connectivity index (χ1) is 12.5. The molecule has 0 radical (unpaired) electrons. The number of hydrogen-bond donors (Lipinski definition) is 1. The first-order valence-corrected chi connectivity index (χ1v) is 9.45. The molecule has 6 heteroatoms. The van der Waals surface area contributed by atoms with Gasteiger partial charge in [0.1, 0.15) is 0 Å². The average molecular weight is 356 g/mol. The molecule has 1 aromatic carbocycles. The molecule has 1 unspecified atom stereocenters. The molecule has 1 saturated heterocycles. The van der Waals surface area contributed by atoms with Gasteiger partial charge in [0.05, 0.1) is 24.2 Å². The van der Waals surface area contributed by atoms with Gasteiger partial charge >= 0.3 is 0 Å². The molecular formula is C20H28N4O2. The minimum absolute atomic E-state index is 0.0612. The summed E-state index contributed by atoms with van der Waals surface area (Å²) in [4.78, 5) is 26.7. The first kappa shape index (κ1) is 18.4. The van der Waals surface area contributed by atoms with Crippen molar-refractivity contribution in [3.8, 4) is 0 Å². The molecule has 26 heavy (non-hydrogen) atoms. The Morgan fingerprint density at radius 1 is 1.35 bits per heavy atom. The topological polar surface area (TPSA) is 67.2 Å².